The highest BCUT2D eigenvalue weighted by atomic mass is 16.2. The molecule has 2 unspecified atom stereocenters. The largest absolute Gasteiger partial charge is 0.341 e. The Bertz CT molecular complexity index is 1600. The number of nitrogens with one attached hydrogen (secondary N) is 3. The van der Waals surface area contributed by atoms with Gasteiger partial charge < -0.3 is 30.2 Å². The number of aromatic nitrogens is 2. The molecule has 48 heavy (non-hydrogen) atoms. The van der Waals surface area contributed by atoms with Gasteiger partial charge in [-0.2, -0.15) is 5.10 Å². The van der Waals surface area contributed by atoms with Crippen LogP contribution in [0.25, 0.3) is 10.9 Å². The second kappa shape index (κ2) is 14.1. The Morgan fingerprint density at radius 1 is 0.875 bits per heavy atom. The van der Waals surface area contributed by atoms with Gasteiger partial charge in [0.2, 0.25) is 5.91 Å². The van der Waals surface area contributed by atoms with E-state index in [0.717, 1.165) is 73.2 Å². The van der Waals surface area contributed by atoms with Crippen LogP contribution < -0.4 is 10.6 Å². The molecule has 4 aliphatic rings. The van der Waals surface area contributed by atoms with Gasteiger partial charge in [0.15, 0.2) is 0 Å². The number of carbonyl (C=O) groups excluding carboxylic acids is 3. The predicted octanol–water partition coefficient (Wildman–Crippen LogP) is 3.54. The van der Waals surface area contributed by atoms with Crippen LogP contribution in [0.15, 0.2) is 48.7 Å². The van der Waals surface area contributed by atoms with Crippen molar-refractivity contribution in [2.45, 2.75) is 63.1 Å². The maximum Gasteiger partial charge on any atom is 0.322 e. The average Bonchev–Trinajstić information content (AvgIpc) is 3.52. The predicted molar refractivity (Wildman–Crippen MR) is 186 cm³/mol. The molecule has 4 aliphatic heterocycles. The lowest BCUT2D eigenvalue weighted by molar-refractivity contribution is -0.135. The Labute approximate surface area is 282 Å². The number of hydrogen-bond acceptors (Lipinski definition) is 6. The molecule has 7 rings (SSSR count). The van der Waals surface area contributed by atoms with Crippen LogP contribution in [0, 0.1) is 0 Å². The number of amides is 5. The Hall–Kier alpha value is -4.16. The first-order valence-corrected chi connectivity index (χ1v) is 17.7. The Kier molecular flexibility index (Phi) is 9.54. The minimum absolute atomic E-state index is 0.0179. The van der Waals surface area contributed by atoms with Crippen molar-refractivity contribution in [3.8, 4) is 0 Å². The van der Waals surface area contributed by atoms with Crippen molar-refractivity contribution < 1.29 is 14.4 Å². The summed E-state index contributed by atoms with van der Waals surface area (Å²) in [6.07, 6.45) is 5.89. The number of H-pyrrole nitrogens is 1. The number of piperazine rings is 1. The van der Waals surface area contributed by atoms with Crippen molar-refractivity contribution in [2.75, 3.05) is 71.3 Å². The summed E-state index contributed by atoms with van der Waals surface area (Å²) in [7, 11) is 2.17. The molecule has 0 bridgehead atoms. The van der Waals surface area contributed by atoms with Crippen molar-refractivity contribution in [3.63, 3.8) is 0 Å². The average molecular weight is 656 g/mol. The minimum atomic E-state index is -0.699. The maximum absolute atomic E-state index is 14.3. The molecule has 3 saturated heterocycles. The summed E-state index contributed by atoms with van der Waals surface area (Å²) >= 11 is 0. The van der Waals surface area contributed by atoms with Gasteiger partial charge in [0.25, 0.3) is 0 Å². The number of benzene rings is 2. The fourth-order valence-corrected chi connectivity index (χ4v) is 8.02. The molecule has 256 valence electrons. The smallest absolute Gasteiger partial charge is 0.322 e. The van der Waals surface area contributed by atoms with E-state index in [1.807, 2.05) is 52.0 Å². The zero-order valence-electron chi connectivity index (χ0n) is 28.2. The lowest BCUT2D eigenvalue weighted by atomic mass is 9.90. The van der Waals surface area contributed by atoms with Crippen molar-refractivity contribution >= 4 is 34.6 Å². The van der Waals surface area contributed by atoms with E-state index in [-0.39, 0.29) is 29.9 Å². The molecule has 0 spiro atoms. The number of fused-ring (bicyclic) bond motifs is 2. The molecule has 12 heteroatoms. The number of likely N-dealkylation sites (tertiary alicyclic amines) is 2. The number of piperidine rings is 2. The molecule has 2 aromatic carbocycles. The molecule has 3 aromatic rings. The quantitative estimate of drug-likeness (QED) is 0.374. The van der Waals surface area contributed by atoms with Crippen LogP contribution in [0.2, 0.25) is 0 Å². The summed E-state index contributed by atoms with van der Waals surface area (Å²) in [5, 5.41) is 14.4. The monoisotopic (exact) mass is 655 g/mol. The van der Waals surface area contributed by atoms with Gasteiger partial charge in [0, 0.05) is 88.0 Å². The number of hydrogen-bond donors (Lipinski definition) is 3. The molecular formula is C36H49N9O3. The van der Waals surface area contributed by atoms with Gasteiger partial charge in [-0.1, -0.05) is 31.2 Å². The van der Waals surface area contributed by atoms with Crippen molar-refractivity contribution in [2.24, 2.45) is 0 Å². The highest BCUT2D eigenvalue weighted by Crippen LogP contribution is 2.28. The van der Waals surface area contributed by atoms with Crippen LogP contribution in [-0.2, 0) is 11.2 Å². The third kappa shape index (κ3) is 6.86. The highest BCUT2D eigenvalue weighted by molar-refractivity contribution is 5.91. The van der Waals surface area contributed by atoms with Crippen LogP contribution >= 0.6 is 0 Å². The number of urea groups is 2. The third-order valence-corrected chi connectivity index (χ3v) is 11.2. The molecule has 0 aliphatic carbocycles. The summed E-state index contributed by atoms with van der Waals surface area (Å²) in [4.78, 5) is 52.0. The van der Waals surface area contributed by atoms with Crippen molar-refractivity contribution in [3.05, 3.63) is 59.8 Å². The molecule has 1 aromatic heterocycles. The van der Waals surface area contributed by atoms with Crippen molar-refractivity contribution in [1.29, 1.82) is 0 Å². The molecule has 2 atom stereocenters. The normalized spacial score (nSPS) is 21.8. The lowest BCUT2D eigenvalue weighted by Crippen LogP contribution is -2.58. The van der Waals surface area contributed by atoms with E-state index in [2.05, 4.69) is 49.8 Å². The van der Waals surface area contributed by atoms with Gasteiger partial charge in [-0.3, -0.25) is 14.8 Å². The minimum Gasteiger partial charge on any atom is -0.341 e. The SMILES string of the molecule is CC(c1ccc2[nH]ncc2c1)C(NC(=O)N1CCC(N2CCc3ccccc3NC2=O)CC1)C(=O)N1CCC(N2CCN(C)CC2)CC1. The number of aromatic amines is 1. The number of carbonyl (C=O) groups is 3. The summed E-state index contributed by atoms with van der Waals surface area (Å²) in [6.45, 7) is 9.46. The number of para-hydroxylation sites is 1. The van der Waals surface area contributed by atoms with Gasteiger partial charge in [0.1, 0.15) is 6.04 Å². The van der Waals surface area contributed by atoms with E-state index in [1.54, 1.807) is 6.20 Å². The van der Waals surface area contributed by atoms with Gasteiger partial charge in [0.05, 0.1) is 11.7 Å². The first-order chi connectivity index (χ1) is 23.3. The first kappa shape index (κ1) is 32.4. The fraction of sp³-hybridized carbons (Fsp3) is 0.556. The second-order valence-corrected chi connectivity index (χ2v) is 14.1. The van der Waals surface area contributed by atoms with Crippen LogP contribution in [0.1, 0.15) is 49.7 Å². The zero-order chi connectivity index (χ0) is 33.2. The number of anilines is 1. The van der Waals surface area contributed by atoms with E-state index in [9.17, 15) is 14.4 Å². The van der Waals surface area contributed by atoms with Gasteiger partial charge in [-0.05, 0) is 68.5 Å². The molecule has 12 nitrogen and oxygen atoms in total. The number of nitrogens with zero attached hydrogens (tertiary/aromatic N) is 6. The second-order valence-electron chi connectivity index (χ2n) is 14.1. The fourth-order valence-electron chi connectivity index (χ4n) is 8.02. The summed E-state index contributed by atoms with van der Waals surface area (Å²) in [5.74, 6) is -0.258. The summed E-state index contributed by atoms with van der Waals surface area (Å²) in [5.41, 5.74) is 3.95. The van der Waals surface area contributed by atoms with E-state index in [0.29, 0.717) is 51.6 Å². The maximum atomic E-state index is 14.3. The van der Waals surface area contributed by atoms with E-state index in [4.69, 9.17) is 0 Å². The summed E-state index contributed by atoms with van der Waals surface area (Å²) < 4.78 is 0. The molecule has 5 amide bonds. The van der Waals surface area contributed by atoms with E-state index < -0.39 is 6.04 Å². The van der Waals surface area contributed by atoms with Gasteiger partial charge in [-0.15, -0.1) is 0 Å². The van der Waals surface area contributed by atoms with E-state index >= 15 is 0 Å². The molecule has 5 heterocycles. The third-order valence-electron chi connectivity index (χ3n) is 11.2. The molecular weight excluding hydrogens is 606 g/mol. The molecule has 0 radical (unpaired) electrons. The van der Waals surface area contributed by atoms with Gasteiger partial charge >= 0.3 is 12.1 Å². The topological polar surface area (TPSA) is 120 Å². The van der Waals surface area contributed by atoms with Crippen LogP contribution in [-0.4, -0.2) is 137 Å². The first-order valence-electron chi connectivity index (χ1n) is 17.7. The lowest BCUT2D eigenvalue weighted by Gasteiger charge is -2.43. The van der Waals surface area contributed by atoms with Crippen LogP contribution in [0.4, 0.5) is 15.3 Å². The van der Waals surface area contributed by atoms with Crippen molar-refractivity contribution in [1.82, 2.24) is 40.0 Å². The standard InChI is InChI=1S/C36H49N9O3/c1-25(27-7-8-32-28(23-27)24-37-40-32)33(34(46)43-14-10-29(11-15-43)42-21-19-41(2)20-22-42)39-35(47)44-16-12-30(13-17-44)45-18-9-26-5-3-4-6-31(26)38-36(45)48/h3-8,23-25,29-30,33H,9-22H2,1-2H3,(H,37,40)(H,38,48)(H,39,47). The molecule has 3 fully saturated rings. The zero-order valence-corrected chi connectivity index (χ0v) is 28.2. The Morgan fingerprint density at radius 3 is 2.35 bits per heavy atom. The Morgan fingerprint density at radius 2 is 1.58 bits per heavy atom. The summed E-state index contributed by atoms with van der Waals surface area (Å²) in [6, 6.07) is 13.6. The Balaban J connectivity index is 1.01. The number of rotatable bonds is 6. The van der Waals surface area contributed by atoms with E-state index in [1.165, 1.54) is 0 Å². The van der Waals surface area contributed by atoms with Gasteiger partial charge in [-0.25, -0.2) is 9.59 Å². The number of likely N-dealkylation sites (N-methyl/N-ethyl adjacent to an activating group) is 1. The molecule has 0 saturated carbocycles. The van der Waals surface area contributed by atoms with Crippen LogP contribution in [0.5, 0.6) is 0 Å². The molecule has 3 N–H and O–H groups in total. The highest BCUT2D eigenvalue weighted by Gasteiger charge is 2.37. The van der Waals surface area contributed by atoms with Crippen LogP contribution in [0.3, 0.4) is 0 Å².